The summed E-state index contributed by atoms with van der Waals surface area (Å²) in [5.74, 6) is 0.484. The summed E-state index contributed by atoms with van der Waals surface area (Å²) < 4.78 is 28.7. The maximum atomic E-state index is 12.4. The van der Waals surface area contributed by atoms with Crippen LogP contribution in [0, 0.1) is 5.92 Å². The highest BCUT2D eigenvalue weighted by atomic mass is 32.2. The number of benzene rings is 1. The maximum absolute atomic E-state index is 12.4. The van der Waals surface area contributed by atoms with Gasteiger partial charge in [0.25, 0.3) is 15.9 Å². The van der Waals surface area contributed by atoms with E-state index in [0.717, 1.165) is 0 Å². The molecule has 1 N–H and O–H groups in total. The van der Waals surface area contributed by atoms with Gasteiger partial charge in [0.05, 0.1) is 5.69 Å². The van der Waals surface area contributed by atoms with E-state index in [1.54, 1.807) is 19.1 Å². The third kappa shape index (κ3) is 3.95. The molecule has 24 heavy (non-hydrogen) atoms. The van der Waals surface area contributed by atoms with E-state index in [9.17, 15) is 13.2 Å². The SMILES string of the molecule is CC1=NS(=O)(=O)c2cc(C(=O)NC(C)(C)C)ccc2N1CC(C)C. The second-order valence-corrected chi connectivity index (χ2v) is 9.08. The van der Waals surface area contributed by atoms with Crippen molar-refractivity contribution in [1.82, 2.24) is 5.32 Å². The Morgan fingerprint density at radius 2 is 1.92 bits per heavy atom. The molecule has 0 unspecified atom stereocenters. The molecule has 7 heteroatoms. The summed E-state index contributed by atoms with van der Waals surface area (Å²) in [6.45, 7) is 12.1. The van der Waals surface area contributed by atoms with Crippen LogP contribution in [0.5, 0.6) is 0 Å². The topological polar surface area (TPSA) is 78.8 Å². The van der Waals surface area contributed by atoms with Gasteiger partial charge >= 0.3 is 0 Å². The van der Waals surface area contributed by atoms with Crippen molar-refractivity contribution < 1.29 is 13.2 Å². The van der Waals surface area contributed by atoms with Gasteiger partial charge in [-0.15, -0.1) is 4.40 Å². The monoisotopic (exact) mass is 351 g/mol. The molecule has 0 saturated heterocycles. The Morgan fingerprint density at radius 1 is 1.29 bits per heavy atom. The second-order valence-electron chi connectivity index (χ2n) is 7.50. The van der Waals surface area contributed by atoms with Crippen LogP contribution in [0.25, 0.3) is 0 Å². The molecule has 0 atom stereocenters. The van der Waals surface area contributed by atoms with Crippen molar-refractivity contribution in [3.05, 3.63) is 23.8 Å². The van der Waals surface area contributed by atoms with Gasteiger partial charge in [-0.1, -0.05) is 13.8 Å². The summed E-state index contributed by atoms with van der Waals surface area (Å²) in [6.07, 6.45) is 0. The molecule has 6 nitrogen and oxygen atoms in total. The molecule has 0 saturated carbocycles. The minimum Gasteiger partial charge on any atom is -0.347 e. The first-order valence-electron chi connectivity index (χ1n) is 7.96. The van der Waals surface area contributed by atoms with Crippen LogP contribution in [0.15, 0.2) is 27.5 Å². The first-order valence-corrected chi connectivity index (χ1v) is 9.40. The molecular formula is C17H25N3O3S. The molecule has 1 aliphatic rings. The predicted molar refractivity (Wildman–Crippen MR) is 96.1 cm³/mol. The molecular weight excluding hydrogens is 326 g/mol. The molecule has 1 aromatic rings. The summed E-state index contributed by atoms with van der Waals surface area (Å²) in [7, 11) is -3.79. The molecule has 0 aliphatic carbocycles. The Balaban J connectivity index is 2.50. The van der Waals surface area contributed by atoms with Crippen LogP contribution in [0.3, 0.4) is 0 Å². The molecule has 1 aliphatic heterocycles. The second kappa shape index (κ2) is 6.20. The molecule has 0 fully saturated rings. The van der Waals surface area contributed by atoms with Crippen molar-refractivity contribution in [2.24, 2.45) is 10.3 Å². The molecule has 0 radical (unpaired) electrons. The lowest BCUT2D eigenvalue weighted by molar-refractivity contribution is 0.0919. The summed E-state index contributed by atoms with van der Waals surface area (Å²) >= 11 is 0. The van der Waals surface area contributed by atoms with Gasteiger partial charge < -0.3 is 10.2 Å². The molecule has 1 aromatic carbocycles. The van der Waals surface area contributed by atoms with E-state index in [0.29, 0.717) is 29.5 Å². The first-order chi connectivity index (χ1) is 10.9. The Bertz CT molecular complexity index is 790. The summed E-state index contributed by atoms with van der Waals surface area (Å²) in [4.78, 5) is 14.3. The highest BCUT2D eigenvalue weighted by Gasteiger charge is 2.30. The molecule has 2 rings (SSSR count). The highest BCUT2D eigenvalue weighted by Crippen LogP contribution is 2.33. The number of carbonyl (C=O) groups excluding carboxylic acids is 1. The third-order valence-electron chi connectivity index (χ3n) is 3.47. The summed E-state index contributed by atoms with van der Waals surface area (Å²) in [5, 5.41) is 2.84. The number of carbonyl (C=O) groups is 1. The lowest BCUT2D eigenvalue weighted by Crippen LogP contribution is -2.41. The van der Waals surface area contributed by atoms with Crippen molar-refractivity contribution in [2.45, 2.75) is 52.0 Å². The Hall–Kier alpha value is -1.89. The number of nitrogens with one attached hydrogen (secondary N) is 1. The number of sulfonamides is 1. The smallest absolute Gasteiger partial charge is 0.286 e. The number of amides is 1. The molecule has 0 aromatic heterocycles. The van der Waals surface area contributed by atoms with Crippen LogP contribution < -0.4 is 10.2 Å². The van der Waals surface area contributed by atoms with E-state index in [1.807, 2.05) is 25.7 Å². The minimum atomic E-state index is -3.79. The zero-order valence-corrected chi connectivity index (χ0v) is 15.9. The summed E-state index contributed by atoms with van der Waals surface area (Å²) in [6, 6.07) is 4.75. The molecule has 1 heterocycles. The lowest BCUT2D eigenvalue weighted by atomic mass is 10.1. The fourth-order valence-corrected chi connectivity index (χ4v) is 3.80. The minimum absolute atomic E-state index is 0.0790. The maximum Gasteiger partial charge on any atom is 0.286 e. The van der Waals surface area contributed by atoms with Crippen molar-refractivity contribution >= 4 is 27.5 Å². The van der Waals surface area contributed by atoms with Crippen LogP contribution in [-0.2, 0) is 10.0 Å². The Morgan fingerprint density at radius 3 is 2.46 bits per heavy atom. The molecule has 132 valence electrons. The van der Waals surface area contributed by atoms with Gasteiger partial charge in [-0.05, 0) is 51.8 Å². The average molecular weight is 351 g/mol. The van der Waals surface area contributed by atoms with Crippen LogP contribution in [0.4, 0.5) is 5.69 Å². The fraction of sp³-hybridized carbons (Fsp3) is 0.529. The fourth-order valence-electron chi connectivity index (χ4n) is 2.54. The Kier molecular flexibility index (Phi) is 4.77. The van der Waals surface area contributed by atoms with Gasteiger partial charge in [0.15, 0.2) is 0 Å². The first kappa shape index (κ1) is 18.4. The highest BCUT2D eigenvalue weighted by molar-refractivity contribution is 7.90. The largest absolute Gasteiger partial charge is 0.347 e. The van der Waals surface area contributed by atoms with E-state index >= 15 is 0 Å². The van der Waals surface area contributed by atoms with Crippen molar-refractivity contribution in [2.75, 3.05) is 11.4 Å². The van der Waals surface area contributed by atoms with E-state index < -0.39 is 15.6 Å². The number of hydrogen-bond donors (Lipinski definition) is 1. The average Bonchev–Trinajstić information content (AvgIpc) is 2.40. The number of nitrogens with zero attached hydrogens (tertiary/aromatic N) is 2. The van der Waals surface area contributed by atoms with E-state index in [-0.39, 0.29) is 10.8 Å². The zero-order valence-electron chi connectivity index (χ0n) is 15.0. The van der Waals surface area contributed by atoms with E-state index in [4.69, 9.17) is 0 Å². The van der Waals surface area contributed by atoms with Crippen molar-refractivity contribution in [3.8, 4) is 0 Å². The van der Waals surface area contributed by atoms with Gasteiger partial charge in [0.2, 0.25) is 0 Å². The van der Waals surface area contributed by atoms with Crippen LogP contribution in [-0.4, -0.2) is 32.2 Å². The third-order valence-corrected chi connectivity index (χ3v) is 4.86. The summed E-state index contributed by atoms with van der Waals surface area (Å²) in [5.41, 5.74) is 0.486. The van der Waals surface area contributed by atoms with E-state index in [1.165, 1.54) is 6.07 Å². The lowest BCUT2D eigenvalue weighted by Gasteiger charge is -2.31. The number of rotatable bonds is 3. The van der Waals surface area contributed by atoms with Gasteiger partial charge in [0.1, 0.15) is 10.7 Å². The molecule has 0 bridgehead atoms. The number of amidine groups is 1. The quantitative estimate of drug-likeness (QED) is 0.908. The number of anilines is 1. The number of hydrogen-bond acceptors (Lipinski definition) is 4. The van der Waals surface area contributed by atoms with Crippen molar-refractivity contribution in [1.29, 1.82) is 0 Å². The predicted octanol–water partition coefficient (Wildman–Crippen LogP) is 2.80. The van der Waals surface area contributed by atoms with Crippen LogP contribution in [0.1, 0.15) is 51.9 Å². The van der Waals surface area contributed by atoms with Gasteiger partial charge in [0, 0.05) is 17.6 Å². The van der Waals surface area contributed by atoms with Gasteiger partial charge in [-0.3, -0.25) is 4.79 Å². The standard InChI is InChI=1S/C17H25N3O3S/c1-11(2)10-20-12(3)19-24(22,23)15-9-13(7-8-14(15)20)16(21)18-17(4,5)6/h7-9,11H,10H2,1-6H3,(H,18,21). The number of fused-ring (bicyclic) bond motifs is 1. The molecule has 1 amide bonds. The van der Waals surface area contributed by atoms with Crippen LogP contribution in [0.2, 0.25) is 0 Å². The normalized spacial score (nSPS) is 16.6. The zero-order chi connectivity index (χ0) is 18.3. The van der Waals surface area contributed by atoms with Crippen LogP contribution >= 0.6 is 0 Å². The Labute approximate surface area is 144 Å². The van der Waals surface area contributed by atoms with E-state index in [2.05, 4.69) is 23.6 Å². The van der Waals surface area contributed by atoms with Gasteiger partial charge in [-0.2, -0.15) is 8.42 Å². The van der Waals surface area contributed by atoms with Gasteiger partial charge in [-0.25, -0.2) is 0 Å². The van der Waals surface area contributed by atoms with Crippen molar-refractivity contribution in [3.63, 3.8) is 0 Å². The molecule has 0 spiro atoms.